The van der Waals surface area contributed by atoms with Gasteiger partial charge >= 0.3 is 0 Å². The van der Waals surface area contributed by atoms with E-state index in [4.69, 9.17) is 0 Å². The third kappa shape index (κ3) is 2.38. The maximum absolute atomic E-state index is 12.1. The third-order valence-electron chi connectivity index (χ3n) is 2.75. The Kier molecular flexibility index (Phi) is 3.81. The van der Waals surface area contributed by atoms with Crippen LogP contribution in [0.5, 0.6) is 0 Å². The van der Waals surface area contributed by atoms with Crippen LogP contribution in [0.25, 0.3) is 0 Å². The summed E-state index contributed by atoms with van der Waals surface area (Å²) in [5.74, 6) is 0. The minimum atomic E-state index is -3.39. The molecule has 90 valence electrons. The van der Waals surface area contributed by atoms with Crippen molar-refractivity contribution in [1.82, 2.24) is 4.72 Å². The molecule has 1 heterocycles. The Labute approximate surface area is 116 Å². The summed E-state index contributed by atoms with van der Waals surface area (Å²) in [6.45, 7) is 0. The molecule has 0 spiro atoms. The van der Waals surface area contributed by atoms with Crippen molar-refractivity contribution >= 4 is 53.2 Å². The fourth-order valence-corrected chi connectivity index (χ4v) is 6.35. The average molecular weight is 389 g/mol. The molecule has 0 bridgehead atoms. The number of sulfonamides is 1. The van der Waals surface area contributed by atoms with Crippen LogP contribution in [0, 0.1) is 0 Å². The lowest BCUT2D eigenvalue weighted by Crippen LogP contribution is -2.54. The Bertz CT molecular complexity index is 474. The van der Waals surface area contributed by atoms with Crippen molar-refractivity contribution < 1.29 is 8.42 Å². The molecule has 1 fully saturated rings. The first-order valence-corrected chi connectivity index (χ1v) is 9.10. The van der Waals surface area contributed by atoms with Crippen LogP contribution >= 0.6 is 43.2 Å². The summed E-state index contributed by atoms with van der Waals surface area (Å²) in [5, 5.41) is 2.43. The van der Waals surface area contributed by atoms with E-state index in [9.17, 15) is 8.42 Å². The Morgan fingerprint density at radius 3 is 2.56 bits per heavy atom. The van der Waals surface area contributed by atoms with Gasteiger partial charge in [0.15, 0.2) is 0 Å². The van der Waals surface area contributed by atoms with E-state index in [1.165, 1.54) is 11.3 Å². The lowest BCUT2D eigenvalue weighted by Gasteiger charge is -2.40. The standard InChI is InChI=1S/C9H11Br2NO2S2/c10-6-9(3-1-4-9)12-16(13,14)8-7(11)2-5-15-8/h2,5,12H,1,3-4,6H2. The SMILES string of the molecule is O=S(=O)(NC1(CBr)CCC1)c1sccc1Br. The quantitative estimate of drug-likeness (QED) is 0.805. The Balaban J connectivity index is 2.24. The second-order valence-electron chi connectivity index (χ2n) is 3.93. The van der Waals surface area contributed by atoms with Gasteiger partial charge < -0.3 is 0 Å². The van der Waals surface area contributed by atoms with E-state index in [1.54, 1.807) is 11.4 Å². The van der Waals surface area contributed by atoms with Crippen molar-refractivity contribution in [3.8, 4) is 0 Å². The van der Waals surface area contributed by atoms with E-state index in [2.05, 4.69) is 36.6 Å². The molecule has 1 aliphatic carbocycles. The molecule has 2 rings (SSSR count). The highest BCUT2D eigenvalue weighted by atomic mass is 79.9. The molecule has 0 amide bonds. The molecule has 7 heteroatoms. The first kappa shape index (κ1) is 13.0. The van der Waals surface area contributed by atoms with Crippen LogP contribution in [0.4, 0.5) is 0 Å². The number of hydrogen-bond donors (Lipinski definition) is 1. The zero-order chi connectivity index (χ0) is 11.8. The van der Waals surface area contributed by atoms with Crippen molar-refractivity contribution in [2.45, 2.75) is 29.0 Å². The van der Waals surface area contributed by atoms with Crippen LogP contribution in [0.3, 0.4) is 0 Å². The van der Waals surface area contributed by atoms with Gasteiger partial charge in [0.25, 0.3) is 10.0 Å². The van der Waals surface area contributed by atoms with E-state index in [1.807, 2.05) is 0 Å². The predicted octanol–water partition coefficient (Wildman–Crippen LogP) is 3.11. The predicted molar refractivity (Wildman–Crippen MR) is 72.7 cm³/mol. The summed E-state index contributed by atoms with van der Waals surface area (Å²) >= 11 is 7.86. The fraction of sp³-hybridized carbons (Fsp3) is 0.556. The number of rotatable bonds is 4. The van der Waals surface area contributed by atoms with Gasteiger partial charge in [-0.1, -0.05) is 15.9 Å². The van der Waals surface area contributed by atoms with Gasteiger partial charge in [-0.15, -0.1) is 11.3 Å². The van der Waals surface area contributed by atoms with Crippen LogP contribution in [0.1, 0.15) is 19.3 Å². The molecule has 0 radical (unpaired) electrons. The zero-order valence-corrected chi connectivity index (χ0v) is 13.2. The third-order valence-corrected chi connectivity index (χ3v) is 8.07. The largest absolute Gasteiger partial charge is 0.251 e. The van der Waals surface area contributed by atoms with Crippen molar-refractivity contribution in [2.24, 2.45) is 0 Å². The smallest absolute Gasteiger partial charge is 0.206 e. The second kappa shape index (κ2) is 4.68. The second-order valence-corrected chi connectivity index (χ2v) is 8.14. The summed E-state index contributed by atoms with van der Waals surface area (Å²) < 4.78 is 28.1. The van der Waals surface area contributed by atoms with Gasteiger partial charge in [0.05, 0.1) is 0 Å². The highest BCUT2D eigenvalue weighted by Crippen LogP contribution is 2.36. The normalized spacial score (nSPS) is 19.4. The first-order chi connectivity index (χ1) is 7.49. The molecule has 16 heavy (non-hydrogen) atoms. The van der Waals surface area contributed by atoms with E-state index in [-0.39, 0.29) is 5.54 Å². The molecule has 0 atom stereocenters. The molecule has 1 saturated carbocycles. The van der Waals surface area contributed by atoms with E-state index in [0.29, 0.717) is 14.0 Å². The van der Waals surface area contributed by atoms with Gasteiger partial charge in [-0.2, -0.15) is 0 Å². The van der Waals surface area contributed by atoms with Gasteiger partial charge in [0, 0.05) is 15.3 Å². The Hall–Kier alpha value is 0.570. The van der Waals surface area contributed by atoms with Crippen LogP contribution in [0.2, 0.25) is 0 Å². The van der Waals surface area contributed by atoms with Crippen LogP contribution in [-0.4, -0.2) is 19.3 Å². The molecule has 1 aliphatic rings. The van der Waals surface area contributed by atoms with Gasteiger partial charge in [0.2, 0.25) is 0 Å². The highest BCUT2D eigenvalue weighted by molar-refractivity contribution is 9.10. The molecule has 1 aromatic heterocycles. The molecule has 0 aliphatic heterocycles. The lowest BCUT2D eigenvalue weighted by atomic mass is 9.80. The first-order valence-electron chi connectivity index (χ1n) is 4.82. The summed E-state index contributed by atoms with van der Waals surface area (Å²) in [7, 11) is -3.39. The maximum atomic E-state index is 12.1. The van der Waals surface area contributed by atoms with Gasteiger partial charge in [-0.05, 0) is 46.6 Å². The van der Waals surface area contributed by atoms with Crippen LogP contribution < -0.4 is 4.72 Å². The zero-order valence-electron chi connectivity index (χ0n) is 8.37. The molecular weight excluding hydrogens is 378 g/mol. The highest BCUT2D eigenvalue weighted by Gasteiger charge is 2.40. The molecule has 1 N–H and O–H groups in total. The number of halogens is 2. The monoisotopic (exact) mass is 387 g/mol. The van der Waals surface area contributed by atoms with Crippen LogP contribution in [-0.2, 0) is 10.0 Å². The van der Waals surface area contributed by atoms with Gasteiger partial charge in [-0.25, -0.2) is 13.1 Å². The molecule has 0 saturated heterocycles. The maximum Gasteiger partial charge on any atom is 0.251 e. The average Bonchev–Trinajstić information content (AvgIpc) is 2.59. The topological polar surface area (TPSA) is 46.2 Å². The summed E-state index contributed by atoms with van der Waals surface area (Å²) in [6, 6.07) is 1.75. The number of alkyl halides is 1. The van der Waals surface area contributed by atoms with Crippen LogP contribution in [0.15, 0.2) is 20.1 Å². The van der Waals surface area contributed by atoms with E-state index in [0.717, 1.165) is 19.3 Å². The summed E-state index contributed by atoms with van der Waals surface area (Å²) in [6.07, 6.45) is 2.89. The van der Waals surface area contributed by atoms with Crippen molar-refractivity contribution in [3.63, 3.8) is 0 Å². The fourth-order valence-electron chi connectivity index (χ4n) is 1.67. The molecular formula is C9H11Br2NO2S2. The molecule has 1 aromatic rings. The van der Waals surface area contributed by atoms with Crippen molar-refractivity contribution in [1.29, 1.82) is 0 Å². The Morgan fingerprint density at radius 2 is 2.19 bits per heavy atom. The minimum Gasteiger partial charge on any atom is -0.206 e. The van der Waals surface area contributed by atoms with E-state index >= 15 is 0 Å². The van der Waals surface area contributed by atoms with Gasteiger partial charge in [0.1, 0.15) is 4.21 Å². The summed E-state index contributed by atoms with van der Waals surface area (Å²) in [5.41, 5.74) is -0.276. The summed E-state index contributed by atoms with van der Waals surface area (Å²) in [4.78, 5) is 0. The minimum absolute atomic E-state index is 0.276. The van der Waals surface area contributed by atoms with Crippen molar-refractivity contribution in [2.75, 3.05) is 5.33 Å². The number of hydrogen-bond acceptors (Lipinski definition) is 3. The molecule has 0 unspecified atom stereocenters. The van der Waals surface area contributed by atoms with E-state index < -0.39 is 10.0 Å². The molecule has 0 aromatic carbocycles. The number of nitrogens with one attached hydrogen (secondary N) is 1. The number of thiophene rings is 1. The molecule has 3 nitrogen and oxygen atoms in total. The Morgan fingerprint density at radius 1 is 1.50 bits per heavy atom. The van der Waals surface area contributed by atoms with Gasteiger partial charge in [-0.3, -0.25) is 0 Å². The lowest BCUT2D eigenvalue weighted by molar-refractivity contribution is 0.256. The van der Waals surface area contributed by atoms with Crippen molar-refractivity contribution in [3.05, 3.63) is 15.9 Å².